The molecule has 6 rings (SSSR count). The Hall–Kier alpha value is -4.20. The molecule has 0 fully saturated rings. The number of imidazole rings is 1. The number of hydrogen-bond acceptors (Lipinski definition) is 5. The van der Waals surface area contributed by atoms with E-state index >= 15 is 0 Å². The summed E-state index contributed by atoms with van der Waals surface area (Å²) in [5.41, 5.74) is 6.20. The minimum absolute atomic E-state index is 0.0487. The Labute approximate surface area is 169 Å². The summed E-state index contributed by atoms with van der Waals surface area (Å²) in [5, 5.41) is 15.2. The number of aromatic nitrogens is 5. The van der Waals surface area contributed by atoms with Crippen LogP contribution in [0, 0.1) is 5.82 Å². The van der Waals surface area contributed by atoms with Crippen molar-refractivity contribution in [3.63, 3.8) is 0 Å². The largest absolute Gasteiger partial charge is 0.336 e. The lowest BCUT2D eigenvalue weighted by Crippen LogP contribution is -2.01. The van der Waals surface area contributed by atoms with E-state index < -0.39 is 0 Å². The van der Waals surface area contributed by atoms with Gasteiger partial charge in [0.1, 0.15) is 11.3 Å². The van der Waals surface area contributed by atoms with Crippen LogP contribution in [0.2, 0.25) is 0 Å². The second kappa shape index (κ2) is 6.41. The third-order valence-electron chi connectivity index (χ3n) is 5.16. The van der Waals surface area contributed by atoms with Gasteiger partial charge in [0.15, 0.2) is 11.5 Å². The minimum Gasteiger partial charge on any atom is -0.336 e. The van der Waals surface area contributed by atoms with Gasteiger partial charge in [-0.05, 0) is 35.9 Å². The van der Waals surface area contributed by atoms with E-state index in [4.69, 9.17) is 9.97 Å². The molecule has 4 heterocycles. The zero-order valence-corrected chi connectivity index (χ0v) is 15.5. The Bertz CT molecular complexity index is 1470. The summed E-state index contributed by atoms with van der Waals surface area (Å²) in [5.74, 6) is 0.264. The van der Waals surface area contributed by atoms with Gasteiger partial charge < -0.3 is 4.98 Å². The van der Waals surface area contributed by atoms with E-state index in [1.807, 2.05) is 36.4 Å². The van der Waals surface area contributed by atoms with Gasteiger partial charge in [0.2, 0.25) is 0 Å². The first-order valence-electron chi connectivity index (χ1n) is 9.43. The van der Waals surface area contributed by atoms with Crippen LogP contribution in [-0.4, -0.2) is 37.6 Å². The van der Waals surface area contributed by atoms with Gasteiger partial charge in [0, 0.05) is 18.0 Å². The summed E-state index contributed by atoms with van der Waals surface area (Å²) >= 11 is 0. The summed E-state index contributed by atoms with van der Waals surface area (Å²) in [6.45, 7) is 0. The molecule has 0 bridgehead atoms. The number of rotatable bonds is 3. The van der Waals surface area contributed by atoms with Crippen molar-refractivity contribution in [3.8, 4) is 22.6 Å². The summed E-state index contributed by atoms with van der Waals surface area (Å²) in [4.78, 5) is 12.9. The lowest BCUT2D eigenvalue weighted by Gasteiger charge is -2.02. The molecule has 1 aliphatic heterocycles. The molecule has 7 nitrogen and oxygen atoms in total. The van der Waals surface area contributed by atoms with Crippen LogP contribution in [-0.2, 0) is 0 Å². The molecule has 0 radical (unpaired) electrons. The van der Waals surface area contributed by atoms with E-state index in [2.05, 4.69) is 25.4 Å². The van der Waals surface area contributed by atoms with Crippen LogP contribution in [0.25, 0.3) is 44.7 Å². The van der Waals surface area contributed by atoms with Crippen LogP contribution in [0.5, 0.6) is 0 Å². The van der Waals surface area contributed by atoms with Crippen molar-refractivity contribution in [3.05, 3.63) is 66.1 Å². The van der Waals surface area contributed by atoms with Crippen LogP contribution < -0.4 is 0 Å². The maximum Gasteiger partial charge on any atom is 0.161 e. The Morgan fingerprint density at radius 3 is 2.57 bits per heavy atom. The highest BCUT2D eigenvalue weighted by atomic mass is 19.1. The van der Waals surface area contributed by atoms with Crippen molar-refractivity contribution >= 4 is 34.5 Å². The summed E-state index contributed by atoms with van der Waals surface area (Å²) < 4.78 is 13.8. The third kappa shape index (κ3) is 2.61. The molecule has 3 aromatic heterocycles. The highest BCUT2D eigenvalue weighted by Crippen LogP contribution is 2.31. The van der Waals surface area contributed by atoms with E-state index in [1.54, 1.807) is 18.5 Å². The minimum atomic E-state index is -0.283. The maximum atomic E-state index is 13.8. The highest BCUT2D eigenvalue weighted by Gasteiger charge is 2.18. The topological polar surface area (TPSA) is 95.0 Å². The molecule has 5 aromatic rings. The van der Waals surface area contributed by atoms with Gasteiger partial charge >= 0.3 is 0 Å². The molecule has 0 aliphatic carbocycles. The van der Waals surface area contributed by atoms with E-state index in [0.29, 0.717) is 17.0 Å². The van der Waals surface area contributed by atoms with Crippen molar-refractivity contribution in [2.75, 3.05) is 0 Å². The highest BCUT2D eigenvalue weighted by molar-refractivity contribution is 5.97. The predicted octanol–water partition coefficient (Wildman–Crippen LogP) is 4.46. The molecule has 0 unspecified atom stereocenters. The zero-order chi connectivity index (χ0) is 20.1. The van der Waals surface area contributed by atoms with Crippen LogP contribution in [0.15, 0.2) is 64.8 Å². The predicted molar refractivity (Wildman–Crippen MR) is 114 cm³/mol. The molecule has 8 heteroatoms. The molecule has 2 N–H and O–H groups in total. The van der Waals surface area contributed by atoms with Gasteiger partial charge in [-0.3, -0.25) is 5.10 Å². The maximum absolute atomic E-state index is 13.8. The van der Waals surface area contributed by atoms with E-state index in [1.165, 1.54) is 12.1 Å². The van der Waals surface area contributed by atoms with Crippen LogP contribution in [0.3, 0.4) is 0 Å². The number of pyridine rings is 1. The summed E-state index contributed by atoms with van der Waals surface area (Å²) in [7, 11) is 0. The normalized spacial score (nSPS) is 13.8. The van der Waals surface area contributed by atoms with Crippen molar-refractivity contribution in [2.24, 2.45) is 10.2 Å². The number of para-hydroxylation sites is 1. The number of benzene rings is 2. The van der Waals surface area contributed by atoms with Gasteiger partial charge in [-0.15, -0.1) is 0 Å². The van der Waals surface area contributed by atoms with Gasteiger partial charge in [-0.25, -0.2) is 14.4 Å². The fourth-order valence-corrected chi connectivity index (χ4v) is 3.71. The van der Waals surface area contributed by atoms with Crippen LogP contribution >= 0.6 is 0 Å². The van der Waals surface area contributed by atoms with Crippen LogP contribution in [0.4, 0.5) is 4.39 Å². The molecule has 0 spiro atoms. The monoisotopic (exact) mass is 395 g/mol. The second-order valence-electron chi connectivity index (χ2n) is 7.06. The number of nitrogens with zero attached hydrogens (tertiary/aromatic N) is 5. The van der Waals surface area contributed by atoms with E-state index in [-0.39, 0.29) is 11.7 Å². The number of hydrogen-bond donors (Lipinski definition) is 2. The van der Waals surface area contributed by atoms with Gasteiger partial charge in [-0.1, -0.05) is 24.3 Å². The Morgan fingerprint density at radius 1 is 0.833 bits per heavy atom. The average Bonchev–Trinajstić information content (AvgIpc) is 3.51. The lowest BCUT2D eigenvalue weighted by atomic mass is 10.0. The van der Waals surface area contributed by atoms with Crippen LogP contribution in [0.1, 0.15) is 11.6 Å². The van der Waals surface area contributed by atoms with Gasteiger partial charge in [0.05, 0.1) is 28.2 Å². The molecule has 0 saturated heterocycles. The Balaban J connectivity index is 1.51. The first kappa shape index (κ1) is 16.7. The van der Waals surface area contributed by atoms with Gasteiger partial charge in [0.25, 0.3) is 0 Å². The van der Waals surface area contributed by atoms with Crippen molar-refractivity contribution in [2.45, 2.75) is 5.92 Å². The Morgan fingerprint density at radius 2 is 1.70 bits per heavy atom. The molecule has 2 aromatic carbocycles. The number of fused-ring (bicyclic) bond motifs is 2. The average molecular weight is 395 g/mol. The first-order valence-corrected chi connectivity index (χ1v) is 9.43. The standard InChI is InChI=1S/C22H14FN7/c23-14-4-1-3-12(9-14)15-5-2-6-17-19(15)28-22(27-17)21-20-18(29-30-21)8-7-16(26-20)13-10-24-25-11-13/h1-11,13H,(H,27,28)(H,29,30). The fraction of sp³-hybridized carbons (Fsp3) is 0.0455. The third-order valence-corrected chi connectivity index (χ3v) is 5.16. The number of aromatic amines is 2. The molecular weight excluding hydrogens is 381 g/mol. The SMILES string of the molecule is Fc1cccc(-c2cccc3[nH]c(-c4n[nH]c5ccc(C6C=NN=C6)nc45)nc23)c1. The summed E-state index contributed by atoms with van der Waals surface area (Å²) in [6.07, 6.45) is 3.50. The quantitative estimate of drug-likeness (QED) is 0.472. The lowest BCUT2D eigenvalue weighted by molar-refractivity contribution is 0.628. The second-order valence-corrected chi connectivity index (χ2v) is 7.06. The molecule has 0 saturated carbocycles. The molecular formula is C22H14FN7. The number of nitrogens with one attached hydrogen (secondary N) is 2. The summed E-state index contributed by atoms with van der Waals surface area (Å²) in [6, 6.07) is 16.2. The van der Waals surface area contributed by atoms with E-state index in [0.717, 1.165) is 33.4 Å². The zero-order valence-electron chi connectivity index (χ0n) is 15.5. The molecule has 30 heavy (non-hydrogen) atoms. The molecule has 0 atom stereocenters. The van der Waals surface area contributed by atoms with Crippen molar-refractivity contribution < 1.29 is 4.39 Å². The molecule has 144 valence electrons. The van der Waals surface area contributed by atoms with Crippen molar-refractivity contribution in [1.29, 1.82) is 0 Å². The van der Waals surface area contributed by atoms with E-state index in [9.17, 15) is 4.39 Å². The fourth-order valence-electron chi connectivity index (χ4n) is 3.71. The Kier molecular flexibility index (Phi) is 3.58. The van der Waals surface area contributed by atoms with Gasteiger partial charge in [-0.2, -0.15) is 15.3 Å². The smallest absolute Gasteiger partial charge is 0.161 e. The molecule has 1 aliphatic rings. The molecule has 0 amide bonds. The number of H-pyrrole nitrogens is 2. The first-order chi connectivity index (χ1) is 14.8. The van der Waals surface area contributed by atoms with Crippen molar-refractivity contribution in [1.82, 2.24) is 25.1 Å². The number of halogens is 1.